The average Bonchev–Trinajstić information content (AvgIpc) is 2.80. The standard InChI is InChI=1S/C14H21NO3/c1-3-17-12-6-5-11(9-13(12)18-4-2)14(16)7-8-15-10-14/h5-6,9,15-16H,3-4,7-8,10H2,1-2H3. The molecule has 0 radical (unpaired) electrons. The molecule has 2 N–H and O–H groups in total. The molecule has 1 aliphatic rings. The molecule has 1 heterocycles. The van der Waals surface area contributed by atoms with E-state index in [1.165, 1.54) is 0 Å². The van der Waals surface area contributed by atoms with E-state index in [4.69, 9.17) is 9.47 Å². The van der Waals surface area contributed by atoms with Gasteiger partial charge < -0.3 is 19.9 Å². The van der Waals surface area contributed by atoms with Crippen molar-refractivity contribution in [3.63, 3.8) is 0 Å². The Morgan fingerprint density at radius 3 is 2.56 bits per heavy atom. The topological polar surface area (TPSA) is 50.7 Å². The van der Waals surface area contributed by atoms with Gasteiger partial charge in [0.15, 0.2) is 11.5 Å². The minimum Gasteiger partial charge on any atom is -0.490 e. The highest BCUT2D eigenvalue weighted by Gasteiger charge is 2.33. The van der Waals surface area contributed by atoms with Gasteiger partial charge in [-0.1, -0.05) is 6.07 Å². The zero-order chi connectivity index (χ0) is 13.0. The maximum absolute atomic E-state index is 10.5. The molecule has 4 nitrogen and oxygen atoms in total. The maximum Gasteiger partial charge on any atom is 0.161 e. The predicted molar refractivity (Wildman–Crippen MR) is 70.2 cm³/mol. The number of ether oxygens (including phenoxy) is 2. The first-order chi connectivity index (χ1) is 8.69. The van der Waals surface area contributed by atoms with Crippen LogP contribution < -0.4 is 14.8 Å². The SMILES string of the molecule is CCOc1ccc(C2(O)CCNC2)cc1OCC. The lowest BCUT2D eigenvalue weighted by Crippen LogP contribution is -2.28. The van der Waals surface area contributed by atoms with Gasteiger partial charge in [-0.05, 0) is 44.5 Å². The van der Waals surface area contributed by atoms with E-state index in [0.717, 1.165) is 24.3 Å². The summed E-state index contributed by atoms with van der Waals surface area (Å²) in [5.41, 5.74) is 0.107. The Hall–Kier alpha value is -1.26. The summed E-state index contributed by atoms with van der Waals surface area (Å²) in [6.45, 7) is 6.50. The summed E-state index contributed by atoms with van der Waals surface area (Å²) in [5.74, 6) is 1.44. The summed E-state index contributed by atoms with van der Waals surface area (Å²) >= 11 is 0. The average molecular weight is 251 g/mol. The Bertz CT molecular complexity index is 400. The maximum atomic E-state index is 10.5. The first-order valence-corrected chi connectivity index (χ1v) is 6.53. The second-order valence-electron chi connectivity index (χ2n) is 4.49. The van der Waals surface area contributed by atoms with Crippen LogP contribution in [0, 0.1) is 0 Å². The molecule has 0 bridgehead atoms. The first-order valence-electron chi connectivity index (χ1n) is 6.53. The largest absolute Gasteiger partial charge is 0.490 e. The van der Waals surface area contributed by atoms with Crippen molar-refractivity contribution in [2.24, 2.45) is 0 Å². The molecule has 1 aromatic carbocycles. The zero-order valence-corrected chi connectivity index (χ0v) is 11.0. The van der Waals surface area contributed by atoms with Crippen LogP contribution in [0.15, 0.2) is 18.2 Å². The van der Waals surface area contributed by atoms with Crippen LogP contribution in [0.3, 0.4) is 0 Å². The van der Waals surface area contributed by atoms with E-state index in [1.807, 2.05) is 32.0 Å². The molecule has 2 rings (SSSR count). The van der Waals surface area contributed by atoms with E-state index >= 15 is 0 Å². The summed E-state index contributed by atoms with van der Waals surface area (Å²) in [7, 11) is 0. The first kappa shape index (κ1) is 13.2. The number of aliphatic hydroxyl groups is 1. The Balaban J connectivity index is 2.29. The molecular formula is C14H21NO3. The van der Waals surface area contributed by atoms with Crippen LogP contribution >= 0.6 is 0 Å². The fraction of sp³-hybridized carbons (Fsp3) is 0.571. The molecule has 0 amide bonds. The second kappa shape index (κ2) is 5.59. The Labute approximate surface area is 108 Å². The Morgan fingerprint density at radius 1 is 1.22 bits per heavy atom. The molecule has 1 saturated heterocycles. The van der Waals surface area contributed by atoms with Gasteiger partial charge in [0, 0.05) is 6.54 Å². The molecule has 18 heavy (non-hydrogen) atoms. The van der Waals surface area contributed by atoms with Crippen molar-refractivity contribution in [1.29, 1.82) is 0 Å². The molecule has 100 valence electrons. The van der Waals surface area contributed by atoms with Gasteiger partial charge in [-0.2, -0.15) is 0 Å². The minimum atomic E-state index is -0.781. The Kier molecular flexibility index (Phi) is 4.09. The van der Waals surface area contributed by atoms with Crippen LogP contribution in [-0.4, -0.2) is 31.4 Å². The number of hydrogen-bond acceptors (Lipinski definition) is 4. The number of β-amino-alcohol motifs (C(OH)–C–C–N with tert-alkyl or cyclic N) is 1. The van der Waals surface area contributed by atoms with Gasteiger partial charge in [0.05, 0.1) is 13.2 Å². The summed E-state index contributed by atoms with van der Waals surface area (Å²) in [5, 5.41) is 13.7. The number of benzene rings is 1. The lowest BCUT2D eigenvalue weighted by Gasteiger charge is -2.23. The van der Waals surface area contributed by atoms with Crippen LogP contribution in [-0.2, 0) is 5.60 Å². The van der Waals surface area contributed by atoms with Crippen LogP contribution in [0.2, 0.25) is 0 Å². The van der Waals surface area contributed by atoms with Gasteiger partial charge in [-0.25, -0.2) is 0 Å². The quantitative estimate of drug-likeness (QED) is 0.835. The normalized spacial score (nSPS) is 23.1. The lowest BCUT2D eigenvalue weighted by atomic mass is 9.93. The fourth-order valence-corrected chi connectivity index (χ4v) is 2.27. The van der Waals surface area contributed by atoms with Crippen LogP contribution in [0.4, 0.5) is 0 Å². The molecule has 0 saturated carbocycles. The molecule has 1 atom stereocenters. The van der Waals surface area contributed by atoms with E-state index in [-0.39, 0.29) is 0 Å². The second-order valence-corrected chi connectivity index (χ2v) is 4.49. The molecule has 1 unspecified atom stereocenters. The predicted octanol–water partition coefficient (Wildman–Crippen LogP) is 1.66. The van der Waals surface area contributed by atoms with Gasteiger partial charge >= 0.3 is 0 Å². The van der Waals surface area contributed by atoms with Gasteiger partial charge in [0.2, 0.25) is 0 Å². The van der Waals surface area contributed by atoms with Crippen LogP contribution in [0.1, 0.15) is 25.8 Å². The van der Waals surface area contributed by atoms with E-state index < -0.39 is 5.60 Å². The number of hydrogen-bond donors (Lipinski definition) is 2. The summed E-state index contributed by atoms with van der Waals surface area (Å²) < 4.78 is 11.1. The molecule has 1 aromatic rings. The van der Waals surface area contributed by atoms with E-state index in [2.05, 4.69) is 5.32 Å². The molecular weight excluding hydrogens is 230 g/mol. The third kappa shape index (κ3) is 2.60. The van der Waals surface area contributed by atoms with Gasteiger partial charge in [0.25, 0.3) is 0 Å². The van der Waals surface area contributed by atoms with Gasteiger partial charge in [-0.3, -0.25) is 0 Å². The summed E-state index contributed by atoms with van der Waals surface area (Å²) in [6, 6.07) is 5.68. The fourth-order valence-electron chi connectivity index (χ4n) is 2.27. The third-order valence-electron chi connectivity index (χ3n) is 3.21. The van der Waals surface area contributed by atoms with Crippen molar-refractivity contribution in [2.45, 2.75) is 25.9 Å². The van der Waals surface area contributed by atoms with Crippen molar-refractivity contribution >= 4 is 0 Å². The van der Waals surface area contributed by atoms with Crippen LogP contribution in [0.25, 0.3) is 0 Å². The molecule has 0 aromatic heterocycles. The van der Waals surface area contributed by atoms with E-state index in [0.29, 0.717) is 25.5 Å². The van der Waals surface area contributed by atoms with Crippen molar-refractivity contribution in [3.8, 4) is 11.5 Å². The highest BCUT2D eigenvalue weighted by Crippen LogP contribution is 2.35. The monoisotopic (exact) mass is 251 g/mol. The van der Waals surface area contributed by atoms with E-state index in [1.54, 1.807) is 0 Å². The molecule has 0 aliphatic carbocycles. The third-order valence-corrected chi connectivity index (χ3v) is 3.21. The Morgan fingerprint density at radius 2 is 1.94 bits per heavy atom. The zero-order valence-electron chi connectivity index (χ0n) is 11.0. The van der Waals surface area contributed by atoms with E-state index in [9.17, 15) is 5.11 Å². The van der Waals surface area contributed by atoms with Gasteiger partial charge in [-0.15, -0.1) is 0 Å². The molecule has 4 heteroatoms. The molecule has 1 fully saturated rings. The highest BCUT2D eigenvalue weighted by molar-refractivity contribution is 5.45. The smallest absolute Gasteiger partial charge is 0.161 e. The van der Waals surface area contributed by atoms with Crippen LogP contribution in [0.5, 0.6) is 11.5 Å². The minimum absolute atomic E-state index is 0.584. The highest BCUT2D eigenvalue weighted by atomic mass is 16.5. The van der Waals surface area contributed by atoms with Crippen molar-refractivity contribution in [2.75, 3.05) is 26.3 Å². The number of nitrogens with one attached hydrogen (secondary N) is 1. The lowest BCUT2D eigenvalue weighted by molar-refractivity contribution is 0.0583. The molecule has 0 spiro atoms. The van der Waals surface area contributed by atoms with Crippen molar-refractivity contribution < 1.29 is 14.6 Å². The molecule has 1 aliphatic heterocycles. The van der Waals surface area contributed by atoms with Crippen molar-refractivity contribution in [3.05, 3.63) is 23.8 Å². The van der Waals surface area contributed by atoms with Gasteiger partial charge in [0.1, 0.15) is 5.60 Å². The summed E-state index contributed by atoms with van der Waals surface area (Å²) in [4.78, 5) is 0. The van der Waals surface area contributed by atoms with Crippen molar-refractivity contribution in [1.82, 2.24) is 5.32 Å². The summed E-state index contributed by atoms with van der Waals surface area (Å²) in [6.07, 6.45) is 0.729. The number of rotatable bonds is 5.